The van der Waals surface area contributed by atoms with Crippen LogP contribution in [0, 0.1) is 40.9 Å². The van der Waals surface area contributed by atoms with Crippen LogP contribution in [0.25, 0.3) is 0 Å². The molecule has 0 heterocycles. The van der Waals surface area contributed by atoms with Crippen molar-refractivity contribution in [2.75, 3.05) is 10.2 Å². The Labute approximate surface area is 218 Å². The zero-order valence-electron chi connectivity index (χ0n) is 22.2. The first-order valence-corrected chi connectivity index (χ1v) is 15.8. The summed E-state index contributed by atoms with van der Waals surface area (Å²) in [6, 6.07) is 9.67. The molecule has 1 N–H and O–H groups in total. The lowest BCUT2D eigenvalue weighted by Gasteiger charge is -2.63. The molecule has 9 aliphatic carbocycles. The van der Waals surface area contributed by atoms with Crippen molar-refractivity contribution in [3.05, 3.63) is 24.3 Å². The number of anilines is 2. The Morgan fingerprint density at radius 3 is 1.75 bits per heavy atom. The summed E-state index contributed by atoms with van der Waals surface area (Å²) in [5.74, 6) is 5.61. The average Bonchev–Trinajstić information content (AvgIpc) is 2.84. The van der Waals surface area contributed by atoms with E-state index in [-0.39, 0.29) is 5.41 Å². The third-order valence-corrected chi connectivity index (χ3v) is 12.4. The number of hydrogen-bond donors (Lipinski definition) is 1. The molecule has 1 aromatic carbocycles. The van der Waals surface area contributed by atoms with Crippen molar-refractivity contribution in [2.45, 2.75) is 121 Å². The third kappa shape index (κ3) is 3.53. The van der Waals surface area contributed by atoms with Gasteiger partial charge in [0.05, 0.1) is 16.8 Å². The number of nitrogens with one attached hydrogen (secondary N) is 1. The van der Waals surface area contributed by atoms with Gasteiger partial charge in [-0.3, -0.25) is 4.79 Å². The van der Waals surface area contributed by atoms with Crippen molar-refractivity contribution < 1.29 is 4.79 Å². The molecule has 9 fully saturated rings. The maximum absolute atomic E-state index is 14.1. The Hall–Kier alpha value is -1.51. The summed E-state index contributed by atoms with van der Waals surface area (Å²) in [6.07, 6.45) is 23.1. The first kappa shape index (κ1) is 22.5. The topological polar surface area (TPSA) is 32.3 Å². The maximum Gasteiger partial charge on any atom is 0.230 e. The Morgan fingerprint density at radius 2 is 1.19 bits per heavy atom. The van der Waals surface area contributed by atoms with Gasteiger partial charge in [0.1, 0.15) is 0 Å². The summed E-state index contributed by atoms with van der Waals surface area (Å²) < 4.78 is 0. The van der Waals surface area contributed by atoms with Gasteiger partial charge in [-0.2, -0.15) is 0 Å². The van der Waals surface area contributed by atoms with E-state index in [0.717, 1.165) is 60.5 Å². The summed E-state index contributed by atoms with van der Waals surface area (Å²) in [4.78, 5) is 17.1. The Bertz CT molecular complexity index is 952. The maximum atomic E-state index is 14.1. The van der Waals surface area contributed by atoms with Crippen LogP contribution in [-0.2, 0) is 4.79 Å². The Balaban J connectivity index is 1.14. The molecule has 36 heavy (non-hydrogen) atoms. The van der Waals surface area contributed by atoms with Crippen molar-refractivity contribution in [3.63, 3.8) is 0 Å². The lowest BCUT2D eigenvalue weighted by atomic mass is 9.49. The van der Waals surface area contributed by atoms with Gasteiger partial charge in [-0.25, -0.2) is 0 Å². The van der Waals surface area contributed by atoms with Crippen LogP contribution in [0.1, 0.15) is 109 Å². The molecule has 0 spiro atoms. The molecule has 0 unspecified atom stereocenters. The lowest BCUT2D eigenvalue weighted by Crippen LogP contribution is -2.63. The largest absolute Gasteiger partial charge is 0.361 e. The first-order chi connectivity index (χ1) is 17.6. The minimum absolute atomic E-state index is 0.0851. The molecule has 9 aliphatic rings. The van der Waals surface area contributed by atoms with Crippen molar-refractivity contribution in [3.8, 4) is 0 Å². The second-order valence-corrected chi connectivity index (χ2v) is 15.0. The zero-order chi connectivity index (χ0) is 23.9. The molecule has 0 aliphatic heterocycles. The molecule has 3 nitrogen and oxygen atoms in total. The Kier molecular flexibility index (Phi) is 5.15. The van der Waals surface area contributed by atoms with Crippen LogP contribution in [0.5, 0.6) is 0 Å². The van der Waals surface area contributed by atoms with Gasteiger partial charge in [-0.05, 0) is 138 Å². The predicted octanol–water partition coefficient (Wildman–Crippen LogP) is 7.95. The molecule has 8 bridgehead atoms. The van der Waals surface area contributed by atoms with Crippen LogP contribution >= 0.6 is 0 Å². The predicted molar refractivity (Wildman–Crippen MR) is 146 cm³/mol. The van der Waals surface area contributed by atoms with E-state index >= 15 is 0 Å². The number of para-hydroxylation sites is 2. The van der Waals surface area contributed by atoms with E-state index in [4.69, 9.17) is 0 Å². The average molecular weight is 487 g/mol. The number of nitrogens with zero attached hydrogens (tertiary/aromatic N) is 1. The number of rotatable bonds is 5. The molecular formula is C33H46N2O. The fourth-order valence-electron chi connectivity index (χ4n) is 12.0. The second-order valence-electron chi connectivity index (χ2n) is 15.0. The molecule has 3 heteroatoms. The summed E-state index contributed by atoms with van der Waals surface area (Å²) in [6.45, 7) is 0. The fraction of sp³-hybridized carbons (Fsp3) is 0.788. The standard InChI is InChI=1S/C33H46N2O/c36-31(32-16-22-10-23(17-32)12-24(11-22)18-32)34-29-8-4-5-9-30(29)35(28-6-2-1-3-7-28)33-19-25-13-26(20-33)15-27(14-25)21-33/h4-5,8-9,22-28H,1-3,6-7,10-21H2,(H,34,36). The number of benzene rings is 1. The molecule has 1 amide bonds. The van der Waals surface area contributed by atoms with E-state index in [1.807, 2.05) is 0 Å². The smallest absolute Gasteiger partial charge is 0.230 e. The number of carbonyl (C=O) groups excluding carboxylic acids is 1. The van der Waals surface area contributed by atoms with Gasteiger partial charge in [-0.1, -0.05) is 31.4 Å². The normalized spacial score (nSPS) is 44.7. The minimum atomic E-state index is -0.0851. The van der Waals surface area contributed by atoms with Crippen molar-refractivity contribution in [1.82, 2.24) is 0 Å². The summed E-state index contributed by atoms with van der Waals surface area (Å²) >= 11 is 0. The summed E-state index contributed by atoms with van der Waals surface area (Å²) in [5.41, 5.74) is 2.74. The quantitative estimate of drug-likeness (QED) is 0.458. The van der Waals surface area contributed by atoms with Gasteiger partial charge in [0.25, 0.3) is 0 Å². The molecule has 1 aromatic rings. The summed E-state index contributed by atoms with van der Waals surface area (Å²) in [5, 5.41) is 3.64. The number of hydrogen-bond acceptors (Lipinski definition) is 2. The van der Waals surface area contributed by atoms with Crippen LogP contribution in [0.3, 0.4) is 0 Å². The van der Waals surface area contributed by atoms with E-state index in [1.54, 1.807) is 0 Å². The van der Waals surface area contributed by atoms with Gasteiger partial charge in [-0.15, -0.1) is 0 Å². The molecular weight excluding hydrogens is 440 g/mol. The van der Waals surface area contributed by atoms with E-state index in [9.17, 15) is 4.79 Å². The lowest BCUT2D eigenvalue weighted by molar-refractivity contribution is -0.140. The van der Waals surface area contributed by atoms with Crippen LogP contribution in [0.4, 0.5) is 11.4 Å². The monoisotopic (exact) mass is 486 g/mol. The first-order valence-electron chi connectivity index (χ1n) is 15.8. The molecule has 0 aromatic heterocycles. The highest BCUT2D eigenvalue weighted by atomic mass is 16.2. The SMILES string of the molecule is O=C(Nc1ccccc1N(C1CCCCC1)C12CC3CC(CC(C3)C1)C2)C12CC3CC(CC(C3)C1)C2. The highest BCUT2D eigenvalue weighted by Gasteiger charge is 2.56. The van der Waals surface area contributed by atoms with E-state index in [0.29, 0.717) is 17.5 Å². The number of carbonyl (C=O) groups is 1. The van der Waals surface area contributed by atoms with Gasteiger partial charge < -0.3 is 10.2 Å². The Morgan fingerprint density at radius 1 is 0.694 bits per heavy atom. The van der Waals surface area contributed by atoms with Crippen molar-refractivity contribution in [2.24, 2.45) is 40.9 Å². The third-order valence-electron chi connectivity index (χ3n) is 12.4. The van der Waals surface area contributed by atoms with E-state index < -0.39 is 0 Å². The highest BCUT2D eigenvalue weighted by Crippen LogP contribution is 2.62. The van der Waals surface area contributed by atoms with Gasteiger partial charge in [0.2, 0.25) is 5.91 Å². The zero-order valence-corrected chi connectivity index (χ0v) is 22.2. The van der Waals surface area contributed by atoms with E-state index in [1.165, 1.54) is 95.6 Å². The minimum Gasteiger partial charge on any atom is -0.361 e. The molecule has 194 valence electrons. The van der Waals surface area contributed by atoms with Crippen molar-refractivity contribution >= 4 is 17.3 Å². The fourth-order valence-corrected chi connectivity index (χ4v) is 12.0. The molecule has 0 atom stereocenters. The van der Waals surface area contributed by atoms with Crippen LogP contribution < -0.4 is 10.2 Å². The van der Waals surface area contributed by atoms with Crippen LogP contribution in [0.2, 0.25) is 0 Å². The molecule has 0 saturated heterocycles. The van der Waals surface area contributed by atoms with Crippen molar-refractivity contribution in [1.29, 1.82) is 0 Å². The van der Waals surface area contributed by atoms with Gasteiger partial charge in [0.15, 0.2) is 0 Å². The van der Waals surface area contributed by atoms with Gasteiger partial charge >= 0.3 is 0 Å². The summed E-state index contributed by atoms with van der Waals surface area (Å²) in [7, 11) is 0. The number of amides is 1. The molecule has 10 rings (SSSR count). The second kappa shape index (κ2) is 8.24. The molecule has 9 saturated carbocycles. The van der Waals surface area contributed by atoms with E-state index in [2.05, 4.69) is 34.5 Å². The van der Waals surface area contributed by atoms with Gasteiger partial charge in [0, 0.05) is 11.6 Å². The van der Waals surface area contributed by atoms with Crippen LogP contribution in [-0.4, -0.2) is 17.5 Å². The highest BCUT2D eigenvalue weighted by molar-refractivity contribution is 5.98. The molecule has 0 radical (unpaired) electrons. The van der Waals surface area contributed by atoms with Crippen LogP contribution in [0.15, 0.2) is 24.3 Å².